The summed E-state index contributed by atoms with van der Waals surface area (Å²) in [5, 5.41) is 3.75. The van der Waals surface area contributed by atoms with Gasteiger partial charge in [-0.1, -0.05) is 6.08 Å². The fourth-order valence-electron chi connectivity index (χ4n) is 3.94. The first-order chi connectivity index (χ1) is 16.0. The summed E-state index contributed by atoms with van der Waals surface area (Å²) in [5.41, 5.74) is 3.45. The molecule has 3 aromatic rings. The monoisotopic (exact) mass is 450 g/mol. The van der Waals surface area contributed by atoms with Crippen LogP contribution in [0, 0.1) is 0 Å². The van der Waals surface area contributed by atoms with Crippen molar-refractivity contribution in [3.8, 4) is 17.2 Å². The molecular weight excluding hydrogens is 424 g/mol. The highest BCUT2D eigenvalue weighted by Crippen LogP contribution is 2.38. The molecule has 0 radical (unpaired) electrons. The number of fused-ring (bicyclic) bond motifs is 1. The van der Waals surface area contributed by atoms with Crippen molar-refractivity contribution < 1.29 is 23.8 Å². The van der Waals surface area contributed by atoms with Gasteiger partial charge >= 0.3 is 0 Å². The van der Waals surface area contributed by atoms with E-state index in [-0.39, 0.29) is 12.5 Å². The summed E-state index contributed by atoms with van der Waals surface area (Å²) in [6.45, 7) is 0.967. The van der Waals surface area contributed by atoms with Crippen LogP contribution in [0.5, 0.6) is 17.2 Å². The van der Waals surface area contributed by atoms with E-state index >= 15 is 0 Å². The van der Waals surface area contributed by atoms with Gasteiger partial charge in [0.25, 0.3) is 5.91 Å². The molecule has 2 amide bonds. The summed E-state index contributed by atoms with van der Waals surface area (Å²) in [4.78, 5) is 34.6. The van der Waals surface area contributed by atoms with Crippen molar-refractivity contribution in [2.75, 3.05) is 41.0 Å². The number of ether oxygens (including phenoxy) is 3. The Hall–Kier alpha value is -4.01. The van der Waals surface area contributed by atoms with E-state index in [1.807, 2.05) is 18.3 Å². The molecule has 2 N–H and O–H groups in total. The maximum absolute atomic E-state index is 12.7. The summed E-state index contributed by atoms with van der Waals surface area (Å²) in [5.74, 6) is 0.590. The number of pyridine rings is 1. The van der Waals surface area contributed by atoms with Gasteiger partial charge in [0.1, 0.15) is 5.65 Å². The van der Waals surface area contributed by atoms with Crippen molar-refractivity contribution in [2.45, 2.75) is 6.42 Å². The molecule has 4 rings (SSSR count). The van der Waals surface area contributed by atoms with Crippen LogP contribution in [0.2, 0.25) is 0 Å². The van der Waals surface area contributed by atoms with Crippen LogP contribution in [0.4, 0.5) is 0 Å². The van der Waals surface area contributed by atoms with E-state index in [4.69, 9.17) is 14.2 Å². The Morgan fingerprint density at radius 3 is 2.55 bits per heavy atom. The number of hydrogen-bond donors (Lipinski definition) is 2. The van der Waals surface area contributed by atoms with E-state index in [2.05, 4.69) is 21.4 Å². The molecule has 3 heterocycles. The van der Waals surface area contributed by atoms with Gasteiger partial charge in [0.05, 0.1) is 27.9 Å². The molecule has 0 saturated heterocycles. The highest BCUT2D eigenvalue weighted by Gasteiger charge is 2.21. The van der Waals surface area contributed by atoms with Crippen LogP contribution in [-0.2, 0) is 4.79 Å². The number of aromatic amines is 1. The normalized spacial score (nSPS) is 13.4. The molecule has 33 heavy (non-hydrogen) atoms. The molecule has 0 unspecified atom stereocenters. The Balaban J connectivity index is 1.38. The van der Waals surface area contributed by atoms with E-state index in [0.717, 1.165) is 23.0 Å². The first-order valence-corrected chi connectivity index (χ1v) is 10.5. The number of hydrogen-bond acceptors (Lipinski definition) is 6. The highest BCUT2D eigenvalue weighted by atomic mass is 16.5. The maximum atomic E-state index is 12.7. The van der Waals surface area contributed by atoms with Crippen LogP contribution in [0.25, 0.3) is 16.6 Å². The minimum absolute atomic E-state index is 0.102. The van der Waals surface area contributed by atoms with Gasteiger partial charge < -0.3 is 29.4 Å². The lowest BCUT2D eigenvalue weighted by molar-refractivity contribution is -0.129. The Kier molecular flexibility index (Phi) is 6.48. The van der Waals surface area contributed by atoms with Gasteiger partial charge in [0, 0.05) is 42.0 Å². The molecule has 0 saturated carbocycles. The second kappa shape index (κ2) is 9.64. The number of H-pyrrole nitrogens is 1. The topological polar surface area (TPSA) is 106 Å². The molecule has 0 bridgehead atoms. The van der Waals surface area contributed by atoms with Gasteiger partial charge in [0.2, 0.25) is 11.7 Å². The Morgan fingerprint density at radius 2 is 1.91 bits per heavy atom. The average molecular weight is 450 g/mol. The summed E-state index contributed by atoms with van der Waals surface area (Å²) in [7, 11) is 4.45. The van der Waals surface area contributed by atoms with E-state index in [9.17, 15) is 9.59 Å². The van der Waals surface area contributed by atoms with Crippen molar-refractivity contribution in [2.24, 2.45) is 0 Å². The number of methoxy groups -OCH3 is 3. The minimum atomic E-state index is -0.401. The number of carbonyl (C=O) groups excluding carboxylic acids is 2. The van der Waals surface area contributed by atoms with Crippen LogP contribution >= 0.6 is 0 Å². The second-order valence-electron chi connectivity index (χ2n) is 7.52. The van der Waals surface area contributed by atoms with Crippen molar-refractivity contribution in [3.05, 3.63) is 53.9 Å². The summed E-state index contributed by atoms with van der Waals surface area (Å²) < 4.78 is 15.8. The summed E-state index contributed by atoms with van der Waals surface area (Å²) in [6, 6.07) is 7.04. The molecule has 0 fully saturated rings. The van der Waals surface area contributed by atoms with Crippen LogP contribution in [0.15, 0.2) is 42.7 Å². The van der Waals surface area contributed by atoms with Crippen molar-refractivity contribution in [1.82, 2.24) is 20.2 Å². The minimum Gasteiger partial charge on any atom is -0.493 e. The molecule has 2 aromatic heterocycles. The van der Waals surface area contributed by atoms with E-state index in [0.29, 0.717) is 35.9 Å². The van der Waals surface area contributed by atoms with Crippen molar-refractivity contribution >= 4 is 28.4 Å². The van der Waals surface area contributed by atoms with Gasteiger partial charge in [0.15, 0.2) is 11.5 Å². The van der Waals surface area contributed by atoms with Crippen LogP contribution in [-0.4, -0.2) is 67.6 Å². The van der Waals surface area contributed by atoms with Gasteiger partial charge in [-0.05, 0) is 36.3 Å². The first-order valence-electron chi connectivity index (χ1n) is 10.5. The molecule has 1 aliphatic rings. The maximum Gasteiger partial charge on any atom is 0.251 e. The molecule has 172 valence electrons. The number of aromatic nitrogens is 2. The number of nitrogens with zero attached hydrogens (tertiary/aromatic N) is 2. The van der Waals surface area contributed by atoms with Crippen molar-refractivity contribution in [3.63, 3.8) is 0 Å². The first kappa shape index (κ1) is 22.2. The smallest absolute Gasteiger partial charge is 0.251 e. The zero-order valence-corrected chi connectivity index (χ0v) is 18.8. The lowest BCUT2D eigenvalue weighted by atomic mass is 9.99. The average Bonchev–Trinajstić information content (AvgIpc) is 3.30. The fraction of sp³-hybridized carbons (Fsp3) is 0.292. The molecule has 0 aliphatic carbocycles. The van der Waals surface area contributed by atoms with Crippen LogP contribution in [0.3, 0.4) is 0 Å². The Morgan fingerprint density at radius 1 is 1.15 bits per heavy atom. The molecule has 1 aliphatic heterocycles. The Bertz CT molecular complexity index is 1190. The third-order valence-electron chi connectivity index (χ3n) is 5.69. The van der Waals surface area contributed by atoms with E-state index in [1.54, 1.807) is 23.2 Å². The van der Waals surface area contributed by atoms with Gasteiger partial charge in [-0.2, -0.15) is 0 Å². The SMILES string of the molecule is COc1cc(C(=O)NCC(=O)N2CC=C(c3c[nH]c4ncccc34)CC2)cc(OC)c1OC. The molecule has 9 heteroatoms. The summed E-state index contributed by atoms with van der Waals surface area (Å²) >= 11 is 0. The number of nitrogens with one attached hydrogen (secondary N) is 2. The second-order valence-corrected chi connectivity index (χ2v) is 7.52. The highest BCUT2D eigenvalue weighted by molar-refractivity contribution is 5.98. The quantitative estimate of drug-likeness (QED) is 0.573. The molecule has 0 atom stereocenters. The van der Waals surface area contributed by atoms with Gasteiger partial charge in [-0.15, -0.1) is 0 Å². The van der Waals surface area contributed by atoms with E-state index in [1.165, 1.54) is 26.9 Å². The number of rotatable bonds is 7. The molecular formula is C24H26N4O5. The van der Waals surface area contributed by atoms with Crippen molar-refractivity contribution in [1.29, 1.82) is 0 Å². The fourth-order valence-corrected chi connectivity index (χ4v) is 3.94. The van der Waals surface area contributed by atoms with Crippen LogP contribution < -0.4 is 19.5 Å². The predicted octanol–water partition coefficient (Wildman–Crippen LogP) is 2.63. The predicted molar refractivity (Wildman–Crippen MR) is 124 cm³/mol. The van der Waals surface area contributed by atoms with E-state index < -0.39 is 5.91 Å². The number of amides is 2. The zero-order valence-electron chi connectivity index (χ0n) is 18.8. The lowest BCUT2D eigenvalue weighted by Crippen LogP contribution is -2.42. The molecule has 0 spiro atoms. The standard InChI is InChI=1S/C24H26N4O5/c1-31-19-11-16(12-20(32-2)22(19)33-3)24(30)27-14-21(29)28-9-6-15(7-10-28)18-13-26-23-17(18)5-4-8-25-23/h4-6,8,11-13H,7,9-10,14H2,1-3H3,(H,25,26)(H,27,30). The lowest BCUT2D eigenvalue weighted by Gasteiger charge is -2.26. The van der Waals surface area contributed by atoms with Crippen LogP contribution in [0.1, 0.15) is 22.3 Å². The Labute approximate surface area is 191 Å². The molecule has 1 aromatic carbocycles. The summed E-state index contributed by atoms with van der Waals surface area (Å²) in [6.07, 6.45) is 6.50. The molecule has 9 nitrogen and oxygen atoms in total. The zero-order chi connectivity index (χ0) is 23.4. The third-order valence-corrected chi connectivity index (χ3v) is 5.69. The number of benzene rings is 1. The van der Waals surface area contributed by atoms with Gasteiger partial charge in [-0.25, -0.2) is 4.98 Å². The van der Waals surface area contributed by atoms with Gasteiger partial charge in [-0.3, -0.25) is 9.59 Å². The third kappa shape index (κ3) is 4.48. The largest absolute Gasteiger partial charge is 0.493 e. The number of carbonyl (C=O) groups is 2.